The first-order chi connectivity index (χ1) is 21.8. The normalized spacial score (nSPS) is 11.9. The number of nitrogens with one attached hydrogen (secondary N) is 3. The molecule has 5 rings (SSSR count). The van der Waals surface area contributed by atoms with E-state index < -0.39 is 11.8 Å². The molecule has 0 aliphatic rings. The number of carbonyl (C=O) groups is 3. The molecule has 45 heavy (non-hydrogen) atoms. The third kappa shape index (κ3) is 8.13. The zero-order valence-electron chi connectivity index (χ0n) is 24.2. The van der Waals surface area contributed by atoms with Crippen molar-refractivity contribution in [2.24, 2.45) is 0 Å². The van der Waals surface area contributed by atoms with Crippen molar-refractivity contribution in [1.29, 1.82) is 0 Å². The zero-order valence-corrected chi connectivity index (χ0v) is 26.5. The summed E-state index contributed by atoms with van der Waals surface area (Å²) in [6, 6.07) is 34.5. The van der Waals surface area contributed by atoms with Crippen LogP contribution in [0.25, 0.3) is 16.8 Å². The lowest BCUT2D eigenvalue weighted by molar-refractivity contribution is -0.116. The molecule has 0 bridgehead atoms. The molecule has 0 aliphatic carbocycles. The van der Waals surface area contributed by atoms with Gasteiger partial charge in [0.2, 0.25) is 5.91 Å². The number of thioether (sulfide) groups is 1. The second-order valence-electron chi connectivity index (χ2n) is 10.0. The number of anilines is 2. The highest BCUT2D eigenvalue weighted by Gasteiger charge is 2.20. The van der Waals surface area contributed by atoms with E-state index in [1.54, 1.807) is 66.7 Å². The molecule has 6 nitrogen and oxygen atoms in total. The molecule has 226 valence electrons. The Labute approximate surface area is 275 Å². The predicted molar refractivity (Wildman–Crippen MR) is 186 cm³/mol. The molecule has 1 unspecified atom stereocenters. The molecular weight excluding hydrogens is 625 g/mol. The molecular formula is C36H29Cl2N3O3S. The summed E-state index contributed by atoms with van der Waals surface area (Å²) in [6.45, 7) is 1.96. The fraction of sp³-hybridized carbons (Fsp3) is 0.0833. The molecule has 0 aromatic heterocycles. The first kappa shape index (κ1) is 31.9. The van der Waals surface area contributed by atoms with Crippen LogP contribution in [0.4, 0.5) is 11.4 Å². The summed E-state index contributed by atoms with van der Waals surface area (Å²) in [7, 11) is 0. The summed E-state index contributed by atoms with van der Waals surface area (Å²) in [5.74, 6) is -1.12. The number of hydrogen-bond acceptors (Lipinski definition) is 4. The largest absolute Gasteiger partial charge is 0.325 e. The van der Waals surface area contributed by atoms with Crippen molar-refractivity contribution >= 4 is 80.9 Å². The van der Waals surface area contributed by atoms with E-state index >= 15 is 0 Å². The van der Waals surface area contributed by atoms with Gasteiger partial charge in [-0.15, -0.1) is 11.8 Å². The van der Waals surface area contributed by atoms with Gasteiger partial charge in [-0.3, -0.25) is 14.4 Å². The molecule has 3 N–H and O–H groups in total. The van der Waals surface area contributed by atoms with Gasteiger partial charge >= 0.3 is 0 Å². The predicted octanol–water partition coefficient (Wildman–Crippen LogP) is 9.07. The van der Waals surface area contributed by atoms with Gasteiger partial charge in [0, 0.05) is 27.2 Å². The van der Waals surface area contributed by atoms with E-state index in [4.69, 9.17) is 23.2 Å². The average molecular weight is 655 g/mol. The highest BCUT2D eigenvalue weighted by molar-refractivity contribution is 8.00. The summed E-state index contributed by atoms with van der Waals surface area (Å²) in [6.07, 6.45) is 2.07. The standard InChI is InChI=1S/C36H29Cl2N3O3S/c1-2-32(36(44)40-30-20-9-14-23-11-6-7-18-28(23)30)45-27-17-10-16-26(22-27)39-35(43)31(21-25-15-8-19-29(37)33(25)38)41-34(42)24-12-4-3-5-13-24/h3-22,32H,2H2,1H3,(H,39,43)(H,40,44)(H,41,42)/b31-21+. The fourth-order valence-electron chi connectivity index (χ4n) is 4.61. The van der Waals surface area contributed by atoms with Crippen LogP contribution in [-0.4, -0.2) is 23.0 Å². The lowest BCUT2D eigenvalue weighted by atomic mass is 10.1. The van der Waals surface area contributed by atoms with Crippen LogP contribution in [-0.2, 0) is 9.59 Å². The van der Waals surface area contributed by atoms with E-state index in [1.165, 1.54) is 17.8 Å². The van der Waals surface area contributed by atoms with Gasteiger partial charge in [0.15, 0.2) is 0 Å². The summed E-state index contributed by atoms with van der Waals surface area (Å²) >= 11 is 14.0. The van der Waals surface area contributed by atoms with Crippen LogP contribution < -0.4 is 16.0 Å². The number of fused-ring (bicyclic) bond motifs is 1. The average Bonchev–Trinajstić information content (AvgIpc) is 3.06. The van der Waals surface area contributed by atoms with Gasteiger partial charge in [-0.2, -0.15) is 0 Å². The highest BCUT2D eigenvalue weighted by Crippen LogP contribution is 2.31. The maximum atomic E-state index is 13.5. The first-order valence-electron chi connectivity index (χ1n) is 14.2. The van der Waals surface area contributed by atoms with Gasteiger partial charge in [-0.05, 0) is 65.9 Å². The van der Waals surface area contributed by atoms with Gasteiger partial charge in [0.1, 0.15) is 5.70 Å². The second kappa shape index (κ2) is 14.9. The van der Waals surface area contributed by atoms with Crippen LogP contribution in [0.1, 0.15) is 29.3 Å². The van der Waals surface area contributed by atoms with E-state index in [0.717, 1.165) is 21.4 Å². The SMILES string of the molecule is CCC(Sc1cccc(NC(=O)/C(=C\c2cccc(Cl)c2Cl)NC(=O)c2ccccc2)c1)C(=O)Nc1cccc2ccccc12. The molecule has 0 saturated carbocycles. The Morgan fingerprint density at radius 3 is 2.31 bits per heavy atom. The van der Waals surface area contributed by atoms with Crippen LogP contribution in [0, 0.1) is 0 Å². The van der Waals surface area contributed by atoms with Crippen molar-refractivity contribution in [1.82, 2.24) is 5.32 Å². The quantitative estimate of drug-likeness (QED) is 0.104. The molecule has 0 spiro atoms. The van der Waals surface area contributed by atoms with Gasteiger partial charge in [0.05, 0.1) is 15.3 Å². The van der Waals surface area contributed by atoms with Crippen LogP contribution in [0.15, 0.2) is 126 Å². The summed E-state index contributed by atoms with van der Waals surface area (Å²) in [4.78, 5) is 40.7. The highest BCUT2D eigenvalue weighted by atomic mass is 35.5. The van der Waals surface area contributed by atoms with Crippen LogP contribution in [0.2, 0.25) is 10.0 Å². The number of halogens is 2. The number of rotatable bonds is 10. The van der Waals surface area contributed by atoms with Crippen LogP contribution >= 0.6 is 35.0 Å². The van der Waals surface area contributed by atoms with E-state index in [2.05, 4.69) is 16.0 Å². The van der Waals surface area contributed by atoms with E-state index in [9.17, 15) is 14.4 Å². The molecule has 9 heteroatoms. The maximum absolute atomic E-state index is 13.5. The number of hydrogen-bond donors (Lipinski definition) is 3. The molecule has 0 radical (unpaired) electrons. The number of carbonyl (C=O) groups excluding carboxylic acids is 3. The van der Waals surface area contributed by atoms with E-state index in [-0.39, 0.29) is 21.9 Å². The van der Waals surface area contributed by atoms with Gasteiger partial charge in [0.25, 0.3) is 11.8 Å². The van der Waals surface area contributed by atoms with Crippen LogP contribution in [0.3, 0.4) is 0 Å². The third-order valence-electron chi connectivity index (χ3n) is 6.89. The second-order valence-corrected chi connectivity index (χ2v) is 12.1. The van der Waals surface area contributed by atoms with Crippen molar-refractivity contribution in [2.45, 2.75) is 23.5 Å². The van der Waals surface area contributed by atoms with Crippen molar-refractivity contribution < 1.29 is 14.4 Å². The molecule has 0 saturated heterocycles. The molecule has 3 amide bonds. The first-order valence-corrected chi connectivity index (χ1v) is 15.8. The number of benzene rings is 5. The molecule has 0 heterocycles. The van der Waals surface area contributed by atoms with Gasteiger partial charge in [-0.1, -0.05) is 103 Å². The summed E-state index contributed by atoms with van der Waals surface area (Å²) in [5, 5.41) is 10.9. The van der Waals surface area contributed by atoms with E-state index in [1.807, 2.05) is 55.5 Å². The van der Waals surface area contributed by atoms with E-state index in [0.29, 0.717) is 28.3 Å². The van der Waals surface area contributed by atoms with Crippen molar-refractivity contribution in [2.75, 3.05) is 10.6 Å². The van der Waals surface area contributed by atoms with Gasteiger partial charge < -0.3 is 16.0 Å². The van der Waals surface area contributed by atoms with Crippen LogP contribution in [0.5, 0.6) is 0 Å². The minimum atomic E-state index is -0.557. The minimum Gasteiger partial charge on any atom is -0.325 e. The third-order valence-corrected chi connectivity index (χ3v) is 9.08. The smallest absolute Gasteiger partial charge is 0.272 e. The molecule has 1 atom stereocenters. The Hall–Kier alpha value is -4.56. The van der Waals surface area contributed by atoms with Crippen molar-refractivity contribution in [3.05, 3.63) is 142 Å². The molecule has 0 aliphatic heterocycles. The summed E-state index contributed by atoms with van der Waals surface area (Å²) in [5.41, 5.74) is 2.09. The Morgan fingerprint density at radius 1 is 0.800 bits per heavy atom. The van der Waals surface area contributed by atoms with Crippen molar-refractivity contribution in [3.8, 4) is 0 Å². The fourth-order valence-corrected chi connectivity index (χ4v) is 5.99. The lowest BCUT2D eigenvalue weighted by Crippen LogP contribution is -2.30. The molecule has 5 aromatic rings. The maximum Gasteiger partial charge on any atom is 0.272 e. The lowest BCUT2D eigenvalue weighted by Gasteiger charge is -2.17. The topological polar surface area (TPSA) is 87.3 Å². The summed E-state index contributed by atoms with van der Waals surface area (Å²) < 4.78 is 0. The van der Waals surface area contributed by atoms with Crippen molar-refractivity contribution in [3.63, 3.8) is 0 Å². The monoisotopic (exact) mass is 653 g/mol. The zero-order chi connectivity index (χ0) is 31.8. The Balaban J connectivity index is 1.33. The molecule has 5 aromatic carbocycles. The van der Waals surface area contributed by atoms with Gasteiger partial charge in [-0.25, -0.2) is 0 Å². The Bertz CT molecular complexity index is 1890. The number of amides is 3. The Kier molecular flexibility index (Phi) is 10.6. The molecule has 0 fully saturated rings. The Morgan fingerprint density at radius 2 is 1.51 bits per heavy atom. The minimum absolute atomic E-state index is 0.0213.